The molecule has 6 nitrogen and oxygen atoms in total. The predicted molar refractivity (Wildman–Crippen MR) is 69.9 cm³/mol. The Morgan fingerprint density at radius 2 is 2.16 bits per heavy atom. The lowest BCUT2D eigenvalue weighted by molar-refractivity contribution is -0.118. The second-order valence-electron chi connectivity index (χ2n) is 4.31. The molecule has 2 amide bonds. The van der Waals surface area contributed by atoms with Crippen molar-refractivity contribution in [3.8, 4) is 0 Å². The summed E-state index contributed by atoms with van der Waals surface area (Å²) in [6.45, 7) is 0.117. The molecule has 2 atom stereocenters. The second-order valence-corrected chi connectivity index (χ2v) is 6.75. The molecular formula is C12H14N2O4S. The number of hydrogen-bond donors (Lipinski definition) is 1. The Morgan fingerprint density at radius 1 is 1.47 bits per heavy atom. The van der Waals surface area contributed by atoms with Gasteiger partial charge in [-0.1, -0.05) is 30.3 Å². The second kappa shape index (κ2) is 5.40. The normalized spacial score (nSPS) is 25.7. The average Bonchev–Trinajstić information content (AvgIpc) is 2.61. The number of alkyl carbamates (subject to hydrolysis) is 1. The Kier molecular flexibility index (Phi) is 3.84. The zero-order chi connectivity index (χ0) is 13.9. The van der Waals surface area contributed by atoms with Gasteiger partial charge in [-0.2, -0.15) is 4.36 Å². The number of carbonyl (C=O) groups is 2. The summed E-state index contributed by atoms with van der Waals surface area (Å²) < 4.78 is 20.1. The highest BCUT2D eigenvalue weighted by Crippen LogP contribution is 2.08. The summed E-state index contributed by atoms with van der Waals surface area (Å²) in [6.07, 6.45) is 0.677. The number of carbonyl (C=O) groups excluding carboxylic acids is 2. The molecule has 1 aromatic rings. The van der Waals surface area contributed by atoms with E-state index in [4.69, 9.17) is 4.74 Å². The lowest BCUT2D eigenvalue weighted by Gasteiger charge is -2.10. The standard InChI is InChI=1S/C12H14N2O4S/c1-19(17)8-10(11(15)14-19)13-12(16)18-7-9-5-3-2-4-6-9/h2-6,10H,7-8H2,1H3,(H,13,16)/t10-,19?/m0/s1. The maximum absolute atomic E-state index is 11.6. The SMILES string of the molecule is CS1(=O)=NC(=O)[C@@H](NC(=O)OCc2ccccc2)C1. The van der Waals surface area contributed by atoms with Gasteiger partial charge in [0.2, 0.25) is 0 Å². The van der Waals surface area contributed by atoms with Crippen molar-refractivity contribution < 1.29 is 18.5 Å². The molecule has 1 heterocycles. The molecular weight excluding hydrogens is 268 g/mol. The minimum atomic E-state index is -2.50. The number of amides is 2. The molecule has 0 fully saturated rings. The van der Waals surface area contributed by atoms with Gasteiger partial charge in [0.1, 0.15) is 12.6 Å². The zero-order valence-electron chi connectivity index (χ0n) is 10.4. The van der Waals surface area contributed by atoms with Crippen LogP contribution < -0.4 is 5.32 Å². The molecule has 2 rings (SSSR count). The van der Waals surface area contributed by atoms with Crippen LogP contribution in [0.25, 0.3) is 0 Å². The Balaban J connectivity index is 1.83. The van der Waals surface area contributed by atoms with E-state index in [1.807, 2.05) is 30.3 Å². The van der Waals surface area contributed by atoms with Gasteiger partial charge in [-0.25, -0.2) is 9.00 Å². The third-order valence-corrected chi connectivity index (χ3v) is 4.08. The molecule has 0 aliphatic carbocycles. The van der Waals surface area contributed by atoms with Gasteiger partial charge in [-0.3, -0.25) is 4.79 Å². The minimum Gasteiger partial charge on any atom is -0.445 e. The molecule has 0 radical (unpaired) electrons. The van der Waals surface area contributed by atoms with Crippen LogP contribution in [0.15, 0.2) is 34.7 Å². The number of nitrogens with one attached hydrogen (secondary N) is 1. The molecule has 1 aliphatic rings. The van der Waals surface area contributed by atoms with Crippen LogP contribution in [0.1, 0.15) is 5.56 Å². The topological polar surface area (TPSA) is 84.8 Å². The van der Waals surface area contributed by atoms with Gasteiger partial charge < -0.3 is 10.1 Å². The molecule has 19 heavy (non-hydrogen) atoms. The molecule has 0 aromatic heterocycles. The highest BCUT2D eigenvalue weighted by Gasteiger charge is 2.31. The van der Waals surface area contributed by atoms with Crippen LogP contribution in [-0.2, 0) is 25.9 Å². The van der Waals surface area contributed by atoms with Gasteiger partial charge in [0.05, 0.1) is 15.5 Å². The summed E-state index contributed by atoms with van der Waals surface area (Å²) in [5.41, 5.74) is 0.847. The number of ether oxygens (including phenoxy) is 1. The maximum atomic E-state index is 11.6. The van der Waals surface area contributed by atoms with Gasteiger partial charge >= 0.3 is 6.09 Å². The fourth-order valence-corrected chi connectivity index (χ4v) is 3.11. The van der Waals surface area contributed by atoms with Crippen molar-refractivity contribution in [2.75, 3.05) is 12.0 Å². The number of rotatable bonds is 3. The molecule has 102 valence electrons. The summed E-state index contributed by atoms with van der Waals surface area (Å²) >= 11 is 0. The van der Waals surface area contributed by atoms with Crippen LogP contribution in [0, 0.1) is 0 Å². The Morgan fingerprint density at radius 3 is 2.74 bits per heavy atom. The lowest BCUT2D eigenvalue weighted by Crippen LogP contribution is -2.41. The summed E-state index contributed by atoms with van der Waals surface area (Å²) in [5, 5.41) is 2.37. The highest BCUT2D eigenvalue weighted by atomic mass is 32.2. The first-order chi connectivity index (χ1) is 8.96. The van der Waals surface area contributed by atoms with Crippen LogP contribution >= 0.6 is 0 Å². The van der Waals surface area contributed by atoms with Crippen LogP contribution in [0.2, 0.25) is 0 Å². The molecule has 1 aliphatic heterocycles. The van der Waals surface area contributed by atoms with E-state index >= 15 is 0 Å². The van der Waals surface area contributed by atoms with Crippen LogP contribution in [0.3, 0.4) is 0 Å². The van der Waals surface area contributed by atoms with E-state index in [9.17, 15) is 13.8 Å². The smallest absolute Gasteiger partial charge is 0.408 e. The Labute approximate surface area is 111 Å². The Hall–Kier alpha value is -1.89. The molecule has 1 unspecified atom stereocenters. The van der Waals surface area contributed by atoms with Crippen molar-refractivity contribution in [2.45, 2.75) is 12.6 Å². The van der Waals surface area contributed by atoms with Gasteiger partial charge in [0.15, 0.2) is 0 Å². The number of benzene rings is 1. The molecule has 0 spiro atoms. The van der Waals surface area contributed by atoms with Crippen molar-refractivity contribution in [1.82, 2.24) is 5.32 Å². The van der Waals surface area contributed by atoms with Gasteiger partial charge in [-0.05, 0) is 5.56 Å². The van der Waals surface area contributed by atoms with E-state index in [0.29, 0.717) is 0 Å². The van der Waals surface area contributed by atoms with Gasteiger partial charge in [0, 0.05) is 6.26 Å². The van der Waals surface area contributed by atoms with Crippen molar-refractivity contribution in [1.29, 1.82) is 0 Å². The van der Waals surface area contributed by atoms with E-state index in [1.165, 1.54) is 6.26 Å². The van der Waals surface area contributed by atoms with Crippen molar-refractivity contribution in [3.05, 3.63) is 35.9 Å². The maximum Gasteiger partial charge on any atom is 0.408 e. The lowest BCUT2D eigenvalue weighted by atomic mass is 10.2. The number of nitrogens with zero attached hydrogens (tertiary/aromatic N) is 1. The minimum absolute atomic E-state index is 0.0340. The van der Waals surface area contributed by atoms with E-state index in [-0.39, 0.29) is 12.4 Å². The molecule has 0 bridgehead atoms. The Bertz CT molecular complexity index is 605. The summed E-state index contributed by atoms with van der Waals surface area (Å²) in [6, 6.07) is 8.33. The first-order valence-electron chi connectivity index (χ1n) is 5.67. The van der Waals surface area contributed by atoms with E-state index < -0.39 is 27.8 Å². The fraction of sp³-hybridized carbons (Fsp3) is 0.333. The first-order valence-corrected chi connectivity index (χ1v) is 7.76. The monoisotopic (exact) mass is 282 g/mol. The summed E-state index contributed by atoms with van der Waals surface area (Å²) in [4.78, 5) is 22.9. The predicted octanol–water partition coefficient (Wildman–Crippen LogP) is 0.919. The average molecular weight is 282 g/mol. The van der Waals surface area contributed by atoms with Crippen molar-refractivity contribution in [2.24, 2.45) is 4.36 Å². The van der Waals surface area contributed by atoms with Crippen molar-refractivity contribution in [3.63, 3.8) is 0 Å². The first kappa shape index (κ1) is 13.5. The highest BCUT2D eigenvalue weighted by molar-refractivity contribution is 7.93. The third kappa shape index (κ3) is 3.78. The molecule has 0 saturated carbocycles. The van der Waals surface area contributed by atoms with E-state index in [1.54, 1.807) is 0 Å². The van der Waals surface area contributed by atoms with E-state index in [2.05, 4.69) is 9.68 Å². The van der Waals surface area contributed by atoms with Gasteiger partial charge in [-0.15, -0.1) is 0 Å². The van der Waals surface area contributed by atoms with Crippen LogP contribution in [0.5, 0.6) is 0 Å². The van der Waals surface area contributed by atoms with Crippen LogP contribution in [0.4, 0.5) is 4.79 Å². The molecule has 7 heteroatoms. The summed E-state index contributed by atoms with van der Waals surface area (Å²) in [5.74, 6) is -0.532. The molecule has 1 aromatic carbocycles. The van der Waals surface area contributed by atoms with Gasteiger partial charge in [0.25, 0.3) is 5.91 Å². The third-order valence-electron chi connectivity index (χ3n) is 2.56. The molecule has 0 saturated heterocycles. The zero-order valence-corrected chi connectivity index (χ0v) is 11.2. The molecule has 1 N–H and O–H groups in total. The van der Waals surface area contributed by atoms with E-state index in [0.717, 1.165) is 5.56 Å². The fourth-order valence-electron chi connectivity index (χ4n) is 1.68. The van der Waals surface area contributed by atoms with Crippen LogP contribution in [-0.4, -0.2) is 34.3 Å². The summed E-state index contributed by atoms with van der Waals surface area (Å²) in [7, 11) is -2.50. The van der Waals surface area contributed by atoms with Crippen molar-refractivity contribution >= 4 is 21.7 Å². The quantitative estimate of drug-likeness (QED) is 0.893. The largest absolute Gasteiger partial charge is 0.445 e. The number of hydrogen-bond acceptors (Lipinski definition) is 4.